The number of carbonyl (C=O) groups is 1. The van der Waals surface area contributed by atoms with Gasteiger partial charge in [0.2, 0.25) is 5.91 Å². The molecule has 3 N–H and O–H groups in total. The number of carbonyl (C=O) groups excluding carboxylic acids is 1. The molecule has 0 aliphatic carbocycles. The lowest BCUT2D eigenvalue weighted by atomic mass is 10.1. The molecule has 1 aliphatic heterocycles. The molecule has 1 aromatic carbocycles. The molecule has 0 saturated carbocycles. The summed E-state index contributed by atoms with van der Waals surface area (Å²) in [6.45, 7) is 1.87. The zero-order valence-corrected chi connectivity index (χ0v) is 10.1. The van der Waals surface area contributed by atoms with Gasteiger partial charge in [-0.1, -0.05) is 6.07 Å². The molecule has 1 aromatic rings. The van der Waals surface area contributed by atoms with Crippen LogP contribution in [-0.4, -0.2) is 35.1 Å². The predicted octanol–water partition coefficient (Wildman–Crippen LogP) is 0.881. The molecule has 0 spiro atoms. The Kier molecular flexibility index (Phi) is 3.93. The highest BCUT2D eigenvalue weighted by molar-refractivity contribution is 5.92. The number of rotatable bonds is 3. The van der Waals surface area contributed by atoms with Crippen LogP contribution in [0.25, 0.3) is 0 Å². The van der Waals surface area contributed by atoms with Crippen molar-refractivity contribution in [3.63, 3.8) is 0 Å². The maximum absolute atomic E-state index is 13.8. The van der Waals surface area contributed by atoms with Gasteiger partial charge in [-0.2, -0.15) is 0 Å². The number of nitrogens with two attached hydrogens (primary N) is 1. The van der Waals surface area contributed by atoms with Crippen LogP contribution in [0, 0.1) is 5.82 Å². The van der Waals surface area contributed by atoms with E-state index in [4.69, 9.17) is 5.73 Å². The fourth-order valence-corrected chi connectivity index (χ4v) is 2.24. The van der Waals surface area contributed by atoms with Crippen molar-refractivity contribution in [2.24, 2.45) is 5.73 Å². The van der Waals surface area contributed by atoms with Crippen LogP contribution in [0.1, 0.15) is 28.8 Å². The normalized spacial score (nSPS) is 20.9. The highest BCUT2D eigenvalue weighted by Gasteiger charge is 2.19. The molecule has 2 rings (SSSR count). The van der Waals surface area contributed by atoms with Crippen LogP contribution in [0.2, 0.25) is 0 Å². The van der Waals surface area contributed by atoms with Crippen molar-refractivity contribution in [3.05, 3.63) is 35.1 Å². The van der Waals surface area contributed by atoms with Gasteiger partial charge in [-0.3, -0.25) is 9.69 Å². The maximum atomic E-state index is 13.8. The van der Waals surface area contributed by atoms with Crippen molar-refractivity contribution in [2.75, 3.05) is 13.1 Å². The van der Waals surface area contributed by atoms with Gasteiger partial charge in [0, 0.05) is 24.2 Å². The summed E-state index contributed by atoms with van der Waals surface area (Å²) in [6, 6.07) is 4.27. The minimum Gasteiger partial charge on any atom is -0.392 e. The van der Waals surface area contributed by atoms with E-state index in [0.29, 0.717) is 18.7 Å². The standard InChI is InChI=1S/C13H17FN2O2/c14-12-6-9(13(15)18)3-4-10(12)7-16-5-1-2-11(17)8-16/h3-4,6,11,17H,1-2,5,7-8H2,(H2,15,18)/t11-/m0/s1. The number of aliphatic hydroxyl groups is 1. The Morgan fingerprint density at radius 2 is 2.33 bits per heavy atom. The summed E-state index contributed by atoms with van der Waals surface area (Å²) in [6.07, 6.45) is 1.40. The Balaban J connectivity index is 2.07. The zero-order valence-electron chi connectivity index (χ0n) is 10.1. The Morgan fingerprint density at radius 1 is 1.56 bits per heavy atom. The first-order valence-corrected chi connectivity index (χ1v) is 6.05. The van der Waals surface area contributed by atoms with E-state index in [1.54, 1.807) is 6.07 Å². The van der Waals surface area contributed by atoms with Crippen LogP contribution in [0.15, 0.2) is 18.2 Å². The molecule has 98 valence electrons. The van der Waals surface area contributed by atoms with Gasteiger partial charge in [-0.15, -0.1) is 0 Å². The van der Waals surface area contributed by atoms with Gasteiger partial charge in [0.05, 0.1) is 6.10 Å². The van der Waals surface area contributed by atoms with Gasteiger partial charge in [-0.05, 0) is 31.5 Å². The first-order valence-electron chi connectivity index (χ1n) is 6.05. The molecule has 1 saturated heterocycles. The predicted molar refractivity (Wildman–Crippen MR) is 65.4 cm³/mol. The number of hydrogen-bond donors (Lipinski definition) is 2. The van der Waals surface area contributed by atoms with Gasteiger partial charge >= 0.3 is 0 Å². The van der Waals surface area contributed by atoms with Crippen LogP contribution in [0.5, 0.6) is 0 Å². The summed E-state index contributed by atoms with van der Waals surface area (Å²) in [7, 11) is 0. The number of likely N-dealkylation sites (tertiary alicyclic amines) is 1. The van der Waals surface area contributed by atoms with Crippen LogP contribution in [0.4, 0.5) is 4.39 Å². The number of primary amides is 1. The summed E-state index contributed by atoms with van der Waals surface area (Å²) in [4.78, 5) is 12.9. The lowest BCUT2D eigenvalue weighted by Crippen LogP contribution is -2.37. The van der Waals surface area contributed by atoms with Crippen LogP contribution >= 0.6 is 0 Å². The molecule has 0 bridgehead atoms. The number of piperidine rings is 1. The Hall–Kier alpha value is -1.46. The summed E-state index contributed by atoms with van der Waals surface area (Å²) >= 11 is 0. The maximum Gasteiger partial charge on any atom is 0.248 e. The average Bonchev–Trinajstić information content (AvgIpc) is 2.31. The van der Waals surface area contributed by atoms with Crippen molar-refractivity contribution in [3.8, 4) is 0 Å². The SMILES string of the molecule is NC(=O)c1ccc(CN2CCC[C@H](O)C2)c(F)c1. The lowest BCUT2D eigenvalue weighted by molar-refractivity contribution is 0.0663. The van der Waals surface area contributed by atoms with E-state index < -0.39 is 11.7 Å². The number of aliphatic hydroxyl groups excluding tert-OH is 1. The van der Waals surface area contributed by atoms with Crippen molar-refractivity contribution in [2.45, 2.75) is 25.5 Å². The quantitative estimate of drug-likeness (QED) is 0.839. The van der Waals surface area contributed by atoms with E-state index in [2.05, 4.69) is 0 Å². The molecule has 0 unspecified atom stereocenters. The van der Waals surface area contributed by atoms with Gasteiger partial charge < -0.3 is 10.8 Å². The van der Waals surface area contributed by atoms with Crippen LogP contribution in [0.3, 0.4) is 0 Å². The van der Waals surface area contributed by atoms with Gasteiger partial charge in [0.25, 0.3) is 0 Å². The Bertz CT molecular complexity index is 451. The molecular formula is C13H17FN2O2. The number of benzene rings is 1. The summed E-state index contributed by atoms with van der Waals surface area (Å²) in [5.41, 5.74) is 5.78. The van der Waals surface area contributed by atoms with E-state index in [-0.39, 0.29) is 11.7 Å². The first kappa shape index (κ1) is 13.0. The van der Waals surface area contributed by atoms with E-state index >= 15 is 0 Å². The summed E-state index contributed by atoms with van der Waals surface area (Å²) in [5.74, 6) is -1.06. The second-order valence-electron chi connectivity index (χ2n) is 4.70. The molecule has 1 fully saturated rings. The lowest BCUT2D eigenvalue weighted by Gasteiger charge is -2.30. The van der Waals surface area contributed by atoms with Crippen molar-refractivity contribution in [1.29, 1.82) is 0 Å². The number of nitrogens with zero attached hydrogens (tertiary/aromatic N) is 1. The van der Waals surface area contributed by atoms with Gasteiger partial charge in [-0.25, -0.2) is 4.39 Å². The summed E-state index contributed by atoms with van der Waals surface area (Å²) in [5, 5.41) is 9.55. The molecule has 4 nitrogen and oxygen atoms in total. The highest BCUT2D eigenvalue weighted by Crippen LogP contribution is 2.16. The Morgan fingerprint density at radius 3 is 2.94 bits per heavy atom. The number of halogens is 1. The van der Waals surface area contributed by atoms with E-state index in [0.717, 1.165) is 25.5 Å². The highest BCUT2D eigenvalue weighted by atomic mass is 19.1. The van der Waals surface area contributed by atoms with E-state index in [1.165, 1.54) is 6.07 Å². The molecule has 1 amide bonds. The zero-order chi connectivity index (χ0) is 13.1. The van der Waals surface area contributed by atoms with Crippen molar-refractivity contribution >= 4 is 5.91 Å². The molecular weight excluding hydrogens is 235 g/mol. The second kappa shape index (κ2) is 5.46. The second-order valence-corrected chi connectivity index (χ2v) is 4.70. The molecule has 0 radical (unpaired) electrons. The van der Waals surface area contributed by atoms with Crippen molar-refractivity contribution < 1.29 is 14.3 Å². The van der Waals surface area contributed by atoms with Crippen LogP contribution < -0.4 is 5.73 Å². The molecule has 0 aromatic heterocycles. The molecule has 1 heterocycles. The van der Waals surface area contributed by atoms with Gasteiger partial charge in [0.15, 0.2) is 0 Å². The van der Waals surface area contributed by atoms with Gasteiger partial charge in [0.1, 0.15) is 5.82 Å². The van der Waals surface area contributed by atoms with E-state index in [1.807, 2.05) is 4.90 Å². The monoisotopic (exact) mass is 252 g/mol. The number of β-amino-alcohol motifs (C(OH)–C–C–N with tert-alkyl or cyclic N) is 1. The number of amides is 1. The minimum absolute atomic E-state index is 0.176. The third-order valence-corrected chi connectivity index (χ3v) is 3.21. The third kappa shape index (κ3) is 3.05. The fourth-order valence-electron chi connectivity index (χ4n) is 2.24. The fraction of sp³-hybridized carbons (Fsp3) is 0.462. The largest absolute Gasteiger partial charge is 0.392 e. The smallest absolute Gasteiger partial charge is 0.248 e. The molecule has 18 heavy (non-hydrogen) atoms. The van der Waals surface area contributed by atoms with E-state index in [9.17, 15) is 14.3 Å². The molecule has 1 atom stereocenters. The number of hydrogen-bond acceptors (Lipinski definition) is 3. The topological polar surface area (TPSA) is 66.6 Å². The summed E-state index contributed by atoms with van der Waals surface area (Å²) < 4.78 is 13.8. The Labute approximate surface area is 105 Å². The van der Waals surface area contributed by atoms with Crippen LogP contribution in [-0.2, 0) is 6.54 Å². The minimum atomic E-state index is -0.631. The molecule has 5 heteroatoms. The third-order valence-electron chi connectivity index (χ3n) is 3.21. The first-order chi connectivity index (χ1) is 8.56. The van der Waals surface area contributed by atoms with Crippen molar-refractivity contribution in [1.82, 2.24) is 4.90 Å². The average molecular weight is 252 g/mol. The molecule has 1 aliphatic rings.